The van der Waals surface area contributed by atoms with Crippen LogP contribution in [0.5, 0.6) is 5.75 Å². The molecule has 1 aromatic carbocycles. The third-order valence-corrected chi connectivity index (χ3v) is 2.34. The van der Waals surface area contributed by atoms with Gasteiger partial charge in [0.1, 0.15) is 5.75 Å². The molecule has 0 aliphatic rings. The Bertz CT molecular complexity index is 401. The van der Waals surface area contributed by atoms with E-state index in [0.29, 0.717) is 19.5 Å². The maximum atomic E-state index is 11.6. The maximum Gasteiger partial charge on any atom is 0.224 e. The van der Waals surface area contributed by atoms with Crippen LogP contribution in [0.3, 0.4) is 0 Å². The molecule has 0 bridgehead atoms. The average molecular weight is 250 g/mol. The lowest BCUT2D eigenvalue weighted by atomic mass is 10.1. The summed E-state index contributed by atoms with van der Waals surface area (Å²) in [5, 5.41) is 5.34. The number of amides is 2. The zero-order chi connectivity index (χ0) is 13.4. The van der Waals surface area contributed by atoms with E-state index in [0.717, 1.165) is 11.3 Å². The second kappa shape index (κ2) is 7.32. The minimum Gasteiger partial charge on any atom is -0.497 e. The molecular formula is C13H18N2O3. The molecular weight excluding hydrogens is 232 g/mol. The van der Waals surface area contributed by atoms with E-state index in [1.807, 2.05) is 24.3 Å². The van der Waals surface area contributed by atoms with Crippen LogP contribution in [0.4, 0.5) is 0 Å². The molecule has 0 atom stereocenters. The van der Waals surface area contributed by atoms with E-state index < -0.39 is 0 Å². The zero-order valence-corrected chi connectivity index (χ0v) is 10.7. The molecule has 1 aromatic rings. The van der Waals surface area contributed by atoms with Gasteiger partial charge in [0.25, 0.3) is 0 Å². The van der Waals surface area contributed by atoms with E-state index in [-0.39, 0.29) is 11.8 Å². The van der Waals surface area contributed by atoms with Crippen molar-refractivity contribution in [2.45, 2.75) is 13.3 Å². The topological polar surface area (TPSA) is 67.4 Å². The number of nitrogens with one attached hydrogen (secondary N) is 2. The van der Waals surface area contributed by atoms with Crippen molar-refractivity contribution in [3.8, 4) is 5.75 Å². The molecule has 0 aromatic heterocycles. The third kappa shape index (κ3) is 5.34. The number of methoxy groups -OCH3 is 1. The fraction of sp³-hybridized carbons (Fsp3) is 0.385. The smallest absolute Gasteiger partial charge is 0.224 e. The first-order chi connectivity index (χ1) is 8.61. The lowest BCUT2D eigenvalue weighted by Gasteiger charge is -2.06. The van der Waals surface area contributed by atoms with Gasteiger partial charge in [0.2, 0.25) is 11.8 Å². The molecule has 0 fully saturated rings. The number of carbonyl (C=O) groups is 2. The van der Waals surface area contributed by atoms with Crippen LogP contribution in [0.25, 0.3) is 0 Å². The summed E-state index contributed by atoms with van der Waals surface area (Å²) in [6.45, 7) is 2.33. The molecule has 1 rings (SSSR count). The Kier molecular flexibility index (Phi) is 5.70. The highest BCUT2D eigenvalue weighted by molar-refractivity contribution is 5.78. The highest BCUT2D eigenvalue weighted by Gasteiger charge is 2.03. The predicted molar refractivity (Wildman–Crippen MR) is 68.4 cm³/mol. The number of carbonyl (C=O) groups excluding carboxylic acids is 2. The fourth-order valence-corrected chi connectivity index (χ4v) is 1.43. The van der Waals surface area contributed by atoms with Gasteiger partial charge in [-0.25, -0.2) is 0 Å². The summed E-state index contributed by atoms with van der Waals surface area (Å²) in [6, 6.07) is 7.35. The Morgan fingerprint density at radius 2 is 1.72 bits per heavy atom. The standard InChI is InChI=1S/C13H18N2O3/c1-10(16)14-7-8-15-13(17)9-11-3-5-12(18-2)6-4-11/h3-6H,7-9H2,1-2H3,(H,14,16)(H,15,17). The van der Waals surface area contributed by atoms with Crippen molar-refractivity contribution in [1.29, 1.82) is 0 Å². The molecule has 5 nitrogen and oxygen atoms in total. The molecule has 0 saturated carbocycles. The number of benzene rings is 1. The van der Waals surface area contributed by atoms with Gasteiger partial charge < -0.3 is 15.4 Å². The summed E-state index contributed by atoms with van der Waals surface area (Å²) in [5.74, 6) is 0.606. The molecule has 0 saturated heterocycles. The van der Waals surface area contributed by atoms with E-state index in [1.165, 1.54) is 6.92 Å². The van der Waals surface area contributed by atoms with E-state index in [4.69, 9.17) is 4.74 Å². The van der Waals surface area contributed by atoms with Gasteiger partial charge in [0.15, 0.2) is 0 Å². The number of ether oxygens (including phenoxy) is 1. The Balaban J connectivity index is 2.28. The molecule has 2 N–H and O–H groups in total. The summed E-state index contributed by atoms with van der Waals surface area (Å²) in [7, 11) is 1.60. The Labute approximate surface area is 107 Å². The summed E-state index contributed by atoms with van der Waals surface area (Å²) >= 11 is 0. The first kappa shape index (κ1) is 14.0. The minimum atomic E-state index is -0.0978. The first-order valence-corrected chi connectivity index (χ1v) is 5.76. The summed E-state index contributed by atoms with van der Waals surface area (Å²) in [5.41, 5.74) is 0.924. The number of hydrogen-bond donors (Lipinski definition) is 2. The molecule has 0 spiro atoms. The largest absolute Gasteiger partial charge is 0.497 e. The van der Waals surface area contributed by atoms with Crippen LogP contribution in [-0.2, 0) is 16.0 Å². The van der Waals surface area contributed by atoms with Gasteiger partial charge in [-0.3, -0.25) is 9.59 Å². The molecule has 5 heteroatoms. The predicted octanol–water partition coefficient (Wildman–Crippen LogP) is 0.490. The van der Waals surface area contributed by atoms with Crippen LogP contribution >= 0.6 is 0 Å². The molecule has 2 amide bonds. The van der Waals surface area contributed by atoms with Crippen molar-refractivity contribution in [1.82, 2.24) is 10.6 Å². The monoisotopic (exact) mass is 250 g/mol. The highest BCUT2D eigenvalue weighted by Crippen LogP contribution is 2.11. The van der Waals surface area contributed by atoms with Gasteiger partial charge >= 0.3 is 0 Å². The maximum absolute atomic E-state index is 11.6. The lowest BCUT2D eigenvalue weighted by molar-refractivity contribution is -0.121. The van der Waals surface area contributed by atoms with Gasteiger partial charge in [0, 0.05) is 20.0 Å². The molecule has 0 unspecified atom stereocenters. The van der Waals surface area contributed by atoms with Gasteiger partial charge in [-0.1, -0.05) is 12.1 Å². The van der Waals surface area contributed by atoms with E-state index in [9.17, 15) is 9.59 Å². The van der Waals surface area contributed by atoms with Crippen LogP contribution < -0.4 is 15.4 Å². The molecule has 18 heavy (non-hydrogen) atoms. The molecule has 0 aliphatic carbocycles. The van der Waals surface area contributed by atoms with Crippen molar-refractivity contribution in [3.05, 3.63) is 29.8 Å². The van der Waals surface area contributed by atoms with Crippen molar-refractivity contribution < 1.29 is 14.3 Å². The van der Waals surface area contributed by atoms with Crippen molar-refractivity contribution >= 4 is 11.8 Å². The first-order valence-electron chi connectivity index (χ1n) is 5.76. The second-order valence-electron chi connectivity index (χ2n) is 3.86. The summed E-state index contributed by atoms with van der Waals surface area (Å²) < 4.78 is 5.04. The third-order valence-electron chi connectivity index (χ3n) is 2.34. The molecule has 0 radical (unpaired) electrons. The van der Waals surface area contributed by atoms with Gasteiger partial charge in [-0.15, -0.1) is 0 Å². The zero-order valence-electron chi connectivity index (χ0n) is 10.7. The Morgan fingerprint density at radius 3 is 2.28 bits per heavy atom. The summed E-state index contributed by atoms with van der Waals surface area (Å²) in [4.78, 5) is 22.2. The second-order valence-corrected chi connectivity index (χ2v) is 3.86. The quantitative estimate of drug-likeness (QED) is 0.722. The van der Waals surface area contributed by atoms with E-state index in [1.54, 1.807) is 7.11 Å². The van der Waals surface area contributed by atoms with Gasteiger partial charge in [0.05, 0.1) is 13.5 Å². The highest BCUT2D eigenvalue weighted by atomic mass is 16.5. The molecule has 98 valence electrons. The van der Waals surface area contributed by atoms with Crippen molar-refractivity contribution in [2.24, 2.45) is 0 Å². The van der Waals surface area contributed by atoms with Crippen LogP contribution in [0.1, 0.15) is 12.5 Å². The SMILES string of the molecule is COc1ccc(CC(=O)NCCNC(C)=O)cc1. The number of rotatable bonds is 6. The molecule has 0 aliphatic heterocycles. The van der Waals surface area contributed by atoms with Crippen LogP contribution in [-0.4, -0.2) is 32.0 Å². The van der Waals surface area contributed by atoms with Crippen LogP contribution in [0.2, 0.25) is 0 Å². The van der Waals surface area contributed by atoms with Crippen LogP contribution in [0, 0.1) is 0 Å². The van der Waals surface area contributed by atoms with Gasteiger partial charge in [-0.2, -0.15) is 0 Å². The van der Waals surface area contributed by atoms with Crippen LogP contribution in [0.15, 0.2) is 24.3 Å². The minimum absolute atomic E-state index is 0.0643. The Hall–Kier alpha value is -2.04. The summed E-state index contributed by atoms with van der Waals surface area (Å²) in [6.07, 6.45) is 0.323. The Morgan fingerprint density at radius 1 is 1.11 bits per heavy atom. The lowest BCUT2D eigenvalue weighted by Crippen LogP contribution is -2.34. The van der Waals surface area contributed by atoms with Gasteiger partial charge in [-0.05, 0) is 17.7 Å². The van der Waals surface area contributed by atoms with E-state index in [2.05, 4.69) is 10.6 Å². The normalized spacial score (nSPS) is 9.67. The molecule has 0 heterocycles. The number of hydrogen-bond acceptors (Lipinski definition) is 3. The van der Waals surface area contributed by atoms with E-state index >= 15 is 0 Å². The average Bonchev–Trinajstić information content (AvgIpc) is 2.35. The fourth-order valence-electron chi connectivity index (χ4n) is 1.43. The van der Waals surface area contributed by atoms with Crippen molar-refractivity contribution in [3.63, 3.8) is 0 Å². The van der Waals surface area contributed by atoms with Crippen molar-refractivity contribution in [2.75, 3.05) is 20.2 Å².